The lowest BCUT2D eigenvalue weighted by atomic mass is 9.97. The van der Waals surface area contributed by atoms with E-state index in [0.717, 1.165) is 27.7 Å². The first-order valence-electron chi connectivity index (χ1n) is 5.66. The molecule has 0 aliphatic rings. The Morgan fingerprint density at radius 3 is 2.32 bits per heavy atom. The summed E-state index contributed by atoms with van der Waals surface area (Å²) in [6, 6.07) is 6.75. The van der Waals surface area contributed by atoms with Crippen molar-refractivity contribution in [3.63, 3.8) is 0 Å². The molecule has 0 unspecified atom stereocenters. The number of halogens is 3. The van der Waals surface area contributed by atoms with E-state index in [1.54, 1.807) is 13.0 Å². The Morgan fingerprint density at radius 2 is 1.68 bits per heavy atom. The molecule has 0 saturated heterocycles. The molecule has 0 N–H and O–H groups in total. The molecule has 2 aromatic rings. The van der Waals surface area contributed by atoms with Gasteiger partial charge in [0, 0.05) is 15.6 Å². The number of ketones is 1. The van der Waals surface area contributed by atoms with Crippen molar-refractivity contribution in [2.75, 3.05) is 0 Å². The van der Waals surface area contributed by atoms with Crippen LogP contribution in [0.15, 0.2) is 34.8 Å². The van der Waals surface area contributed by atoms with Crippen LogP contribution in [0.25, 0.3) is 0 Å². The molecule has 0 spiro atoms. The lowest BCUT2D eigenvalue weighted by Crippen LogP contribution is -2.05. The molecule has 0 atom stereocenters. The van der Waals surface area contributed by atoms with E-state index in [0.29, 0.717) is 5.56 Å². The summed E-state index contributed by atoms with van der Waals surface area (Å²) in [7, 11) is 0. The third-order valence-electron chi connectivity index (χ3n) is 2.93. The van der Waals surface area contributed by atoms with Gasteiger partial charge < -0.3 is 0 Å². The minimum Gasteiger partial charge on any atom is -0.289 e. The SMILES string of the molecule is Cc1cc(C(=O)c2ccc(F)c(F)c2)c(C)cc1Br. The van der Waals surface area contributed by atoms with Crippen LogP contribution in [-0.4, -0.2) is 5.78 Å². The molecule has 0 radical (unpaired) electrons. The molecular formula is C15H11BrF2O. The van der Waals surface area contributed by atoms with Crippen LogP contribution in [-0.2, 0) is 0 Å². The second kappa shape index (κ2) is 5.21. The van der Waals surface area contributed by atoms with Gasteiger partial charge in [0.05, 0.1) is 0 Å². The summed E-state index contributed by atoms with van der Waals surface area (Å²) in [5.74, 6) is -2.29. The summed E-state index contributed by atoms with van der Waals surface area (Å²) in [6.45, 7) is 3.67. The average molecular weight is 325 g/mol. The molecule has 19 heavy (non-hydrogen) atoms. The quantitative estimate of drug-likeness (QED) is 0.739. The van der Waals surface area contributed by atoms with E-state index in [2.05, 4.69) is 15.9 Å². The number of hydrogen-bond acceptors (Lipinski definition) is 1. The Hall–Kier alpha value is -1.55. The molecule has 0 amide bonds. The second-order valence-electron chi connectivity index (χ2n) is 4.37. The van der Waals surface area contributed by atoms with E-state index in [9.17, 15) is 13.6 Å². The molecule has 4 heteroatoms. The van der Waals surface area contributed by atoms with Crippen LogP contribution in [0, 0.1) is 25.5 Å². The normalized spacial score (nSPS) is 10.6. The van der Waals surface area contributed by atoms with E-state index in [4.69, 9.17) is 0 Å². The lowest BCUT2D eigenvalue weighted by molar-refractivity contribution is 0.103. The van der Waals surface area contributed by atoms with Gasteiger partial charge in [0.1, 0.15) is 0 Å². The van der Waals surface area contributed by atoms with E-state index in [-0.39, 0.29) is 11.3 Å². The van der Waals surface area contributed by atoms with E-state index < -0.39 is 11.6 Å². The zero-order valence-electron chi connectivity index (χ0n) is 10.4. The molecule has 0 aliphatic carbocycles. The summed E-state index contributed by atoms with van der Waals surface area (Å²) in [5, 5.41) is 0. The summed E-state index contributed by atoms with van der Waals surface area (Å²) in [6.07, 6.45) is 0. The van der Waals surface area contributed by atoms with Gasteiger partial charge in [0.25, 0.3) is 0 Å². The predicted octanol–water partition coefficient (Wildman–Crippen LogP) is 4.58. The van der Waals surface area contributed by atoms with Crippen molar-refractivity contribution in [2.45, 2.75) is 13.8 Å². The highest BCUT2D eigenvalue weighted by atomic mass is 79.9. The van der Waals surface area contributed by atoms with Crippen molar-refractivity contribution in [1.82, 2.24) is 0 Å². The molecule has 0 aromatic heterocycles. The van der Waals surface area contributed by atoms with Crippen LogP contribution in [0.5, 0.6) is 0 Å². The standard InChI is InChI=1S/C15H11BrF2O/c1-8-6-12(16)9(2)5-11(8)15(19)10-3-4-13(17)14(18)7-10/h3-7H,1-2H3. The van der Waals surface area contributed by atoms with Gasteiger partial charge in [0.2, 0.25) is 0 Å². The van der Waals surface area contributed by atoms with Gasteiger partial charge >= 0.3 is 0 Å². The van der Waals surface area contributed by atoms with Gasteiger partial charge in [-0.05, 0) is 55.3 Å². The van der Waals surface area contributed by atoms with Gasteiger partial charge in [-0.2, -0.15) is 0 Å². The molecule has 0 saturated carbocycles. The number of rotatable bonds is 2. The fraction of sp³-hybridized carbons (Fsp3) is 0.133. The Labute approximate surface area is 118 Å². The predicted molar refractivity (Wildman–Crippen MR) is 73.4 cm³/mol. The lowest BCUT2D eigenvalue weighted by Gasteiger charge is -2.08. The van der Waals surface area contributed by atoms with Crippen LogP contribution in [0.3, 0.4) is 0 Å². The number of carbonyl (C=O) groups is 1. The first kappa shape index (κ1) is 13.9. The molecule has 0 bridgehead atoms. The van der Waals surface area contributed by atoms with Crippen molar-refractivity contribution in [1.29, 1.82) is 0 Å². The highest BCUT2D eigenvalue weighted by Gasteiger charge is 2.15. The molecular weight excluding hydrogens is 314 g/mol. The van der Waals surface area contributed by atoms with Crippen LogP contribution >= 0.6 is 15.9 Å². The summed E-state index contributed by atoms with van der Waals surface area (Å²) in [5.41, 5.74) is 2.33. The Kier molecular flexibility index (Phi) is 3.80. The van der Waals surface area contributed by atoms with Crippen LogP contribution in [0.1, 0.15) is 27.0 Å². The molecule has 0 fully saturated rings. The van der Waals surface area contributed by atoms with Gasteiger partial charge in [-0.15, -0.1) is 0 Å². The van der Waals surface area contributed by atoms with Crippen molar-refractivity contribution in [3.05, 3.63) is 68.7 Å². The maximum absolute atomic E-state index is 13.2. The number of carbonyl (C=O) groups excluding carboxylic acids is 1. The van der Waals surface area contributed by atoms with Crippen molar-refractivity contribution >= 4 is 21.7 Å². The number of hydrogen-bond donors (Lipinski definition) is 0. The molecule has 2 aromatic carbocycles. The Bertz CT molecular complexity index is 665. The molecule has 0 heterocycles. The third-order valence-corrected chi connectivity index (χ3v) is 3.79. The molecule has 2 rings (SSSR count). The number of aryl methyl sites for hydroxylation is 2. The van der Waals surface area contributed by atoms with E-state index in [1.807, 2.05) is 13.0 Å². The highest BCUT2D eigenvalue weighted by Crippen LogP contribution is 2.23. The van der Waals surface area contributed by atoms with Crippen molar-refractivity contribution < 1.29 is 13.6 Å². The van der Waals surface area contributed by atoms with Crippen LogP contribution < -0.4 is 0 Å². The smallest absolute Gasteiger partial charge is 0.193 e. The minimum atomic E-state index is -1.02. The van der Waals surface area contributed by atoms with Gasteiger partial charge in [0.15, 0.2) is 17.4 Å². The van der Waals surface area contributed by atoms with Crippen LogP contribution in [0.2, 0.25) is 0 Å². The molecule has 1 nitrogen and oxygen atoms in total. The fourth-order valence-electron chi connectivity index (χ4n) is 1.82. The van der Waals surface area contributed by atoms with E-state index >= 15 is 0 Å². The number of benzene rings is 2. The molecule has 98 valence electrons. The maximum atomic E-state index is 13.2. The maximum Gasteiger partial charge on any atom is 0.193 e. The monoisotopic (exact) mass is 324 g/mol. The fourth-order valence-corrected chi connectivity index (χ4v) is 2.28. The van der Waals surface area contributed by atoms with Crippen molar-refractivity contribution in [3.8, 4) is 0 Å². The topological polar surface area (TPSA) is 17.1 Å². The largest absolute Gasteiger partial charge is 0.289 e. The van der Waals surface area contributed by atoms with Crippen molar-refractivity contribution in [2.24, 2.45) is 0 Å². The first-order chi connectivity index (χ1) is 8.90. The third kappa shape index (κ3) is 2.73. The van der Waals surface area contributed by atoms with Gasteiger partial charge in [-0.25, -0.2) is 8.78 Å². The van der Waals surface area contributed by atoms with Crippen LogP contribution in [0.4, 0.5) is 8.78 Å². The Balaban J connectivity index is 2.49. The van der Waals surface area contributed by atoms with Gasteiger partial charge in [-0.3, -0.25) is 4.79 Å². The Morgan fingerprint density at radius 1 is 1.00 bits per heavy atom. The second-order valence-corrected chi connectivity index (χ2v) is 5.23. The summed E-state index contributed by atoms with van der Waals surface area (Å²) >= 11 is 3.39. The van der Waals surface area contributed by atoms with E-state index in [1.165, 1.54) is 6.07 Å². The average Bonchev–Trinajstić information content (AvgIpc) is 2.36. The van der Waals surface area contributed by atoms with Gasteiger partial charge in [-0.1, -0.05) is 15.9 Å². The summed E-state index contributed by atoms with van der Waals surface area (Å²) in [4.78, 5) is 12.3. The minimum absolute atomic E-state index is 0.142. The highest BCUT2D eigenvalue weighted by molar-refractivity contribution is 9.10. The summed E-state index contributed by atoms with van der Waals surface area (Å²) < 4.78 is 26.9. The zero-order chi connectivity index (χ0) is 14.2. The molecule has 0 aliphatic heterocycles. The first-order valence-corrected chi connectivity index (χ1v) is 6.46. The zero-order valence-corrected chi connectivity index (χ0v) is 12.0.